The Morgan fingerprint density at radius 3 is 2.71 bits per heavy atom. The Hall–Kier alpha value is -3.22. The van der Waals surface area contributed by atoms with Crippen LogP contribution in [-0.4, -0.2) is 24.8 Å². The predicted octanol–water partition coefficient (Wildman–Crippen LogP) is 2.55. The Kier molecular flexibility index (Phi) is 3.07. The van der Waals surface area contributed by atoms with Gasteiger partial charge in [0.1, 0.15) is 0 Å². The smallest absolute Gasteiger partial charge is 0.270 e. The van der Waals surface area contributed by atoms with Crippen LogP contribution in [0.15, 0.2) is 54.7 Å². The third-order valence-corrected chi connectivity index (χ3v) is 2.91. The van der Waals surface area contributed by atoms with Crippen molar-refractivity contribution in [2.75, 3.05) is 0 Å². The van der Waals surface area contributed by atoms with Crippen molar-refractivity contribution < 1.29 is 10.0 Å². The van der Waals surface area contributed by atoms with Crippen molar-refractivity contribution in [3.63, 3.8) is 0 Å². The number of nitro groups is 1. The van der Waals surface area contributed by atoms with Crippen molar-refractivity contribution in [1.82, 2.24) is 14.8 Å². The number of non-ortho nitro benzene ring substituents is 1. The van der Waals surface area contributed by atoms with Gasteiger partial charge in [-0.1, -0.05) is 18.2 Å². The number of aromatic nitrogens is 3. The lowest BCUT2D eigenvalue weighted by molar-refractivity contribution is -0.384. The first kappa shape index (κ1) is 12.8. The normalized spacial score (nSPS) is 10.5. The molecule has 3 rings (SSSR count). The molecule has 0 saturated carbocycles. The lowest BCUT2D eigenvalue weighted by atomic mass is 10.1. The summed E-state index contributed by atoms with van der Waals surface area (Å²) < 4.78 is 1.27. The fourth-order valence-corrected chi connectivity index (χ4v) is 1.94. The summed E-state index contributed by atoms with van der Waals surface area (Å²) in [6, 6.07) is 12.7. The standard InChI is InChI=1S/C14H10N4O3/c19-14-9-12(10-4-3-5-11(8-10)18(20)21)16-17(14)13-6-1-2-7-15-13/h1-9,19H. The number of aromatic hydroxyl groups is 1. The minimum Gasteiger partial charge on any atom is -0.493 e. The molecule has 0 atom stereocenters. The summed E-state index contributed by atoms with van der Waals surface area (Å²) in [5, 5.41) is 25.0. The van der Waals surface area contributed by atoms with E-state index in [2.05, 4.69) is 10.1 Å². The molecule has 0 unspecified atom stereocenters. The number of benzene rings is 1. The van der Waals surface area contributed by atoms with E-state index in [0.717, 1.165) is 0 Å². The van der Waals surface area contributed by atoms with Crippen LogP contribution < -0.4 is 0 Å². The highest BCUT2D eigenvalue weighted by molar-refractivity contribution is 5.63. The van der Waals surface area contributed by atoms with Gasteiger partial charge in [0.05, 0.1) is 10.6 Å². The Morgan fingerprint density at radius 2 is 2.00 bits per heavy atom. The first-order valence-electron chi connectivity index (χ1n) is 6.10. The molecule has 7 heteroatoms. The van der Waals surface area contributed by atoms with Gasteiger partial charge in [-0.15, -0.1) is 0 Å². The highest BCUT2D eigenvalue weighted by Gasteiger charge is 2.13. The van der Waals surface area contributed by atoms with E-state index in [1.807, 2.05) is 0 Å². The van der Waals surface area contributed by atoms with Gasteiger partial charge in [-0.2, -0.15) is 9.78 Å². The van der Waals surface area contributed by atoms with Crippen molar-refractivity contribution in [1.29, 1.82) is 0 Å². The van der Waals surface area contributed by atoms with Crippen LogP contribution in [0.1, 0.15) is 0 Å². The maximum Gasteiger partial charge on any atom is 0.270 e. The van der Waals surface area contributed by atoms with Gasteiger partial charge in [0.15, 0.2) is 5.82 Å². The van der Waals surface area contributed by atoms with E-state index in [9.17, 15) is 15.2 Å². The maximum atomic E-state index is 10.8. The molecule has 1 N–H and O–H groups in total. The van der Waals surface area contributed by atoms with Gasteiger partial charge in [-0.25, -0.2) is 4.98 Å². The van der Waals surface area contributed by atoms with Gasteiger partial charge in [0, 0.05) is 30.0 Å². The highest BCUT2D eigenvalue weighted by Crippen LogP contribution is 2.27. The summed E-state index contributed by atoms with van der Waals surface area (Å²) in [6.07, 6.45) is 1.59. The molecule has 2 aromatic heterocycles. The molecule has 0 spiro atoms. The molecule has 0 saturated heterocycles. The van der Waals surface area contributed by atoms with Crippen LogP contribution in [0.2, 0.25) is 0 Å². The third kappa shape index (κ3) is 2.44. The van der Waals surface area contributed by atoms with Crippen LogP contribution in [0.25, 0.3) is 17.1 Å². The number of rotatable bonds is 3. The monoisotopic (exact) mass is 282 g/mol. The van der Waals surface area contributed by atoms with Crippen LogP contribution in [-0.2, 0) is 0 Å². The molecule has 0 bridgehead atoms. The molecule has 0 aliphatic heterocycles. The van der Waals surface area contributed by atoms with Crippen molar-refractivity contribution >= 4 is 5.69 Å². The molecule has 2 heterocycles. The maximum absolute atomic E-state index is 10.8. The summed E-state index contributed by atoms with van der Waals surface area (Å²) in [6.45, 7) is 0. The van der Waals surface area contributed by atoms with Crippen LogP contribution in [0.4, 0.5) is 5.69 Å². The van der Waals surface area contributed by atoms with E-state index >= 15 is 0 Å². The molecule has 21 heavy (non-hydrogen) atoms. The Bertz CT molecular complexity index is 799. The average molecular weight is 282 g/mol. The lowest BCUT2D eigenvalue weighted by Crippen LogP contribution is -1.98. The molecule has 3 aromatic rings. The van der Waals surface area contributed by atoms with Gasteiger partial charge in [0.2, 0.25) is 5.88 Å². The number of nitrogens with zero attached hydrogens (tertiary/aromatic N) is 4. The van der Waals surface area contributed by atoms with E-state index in [1.165, 1.54) is 22.9 Å². The Balaban J connectivity index is 2.05. The highest BCUT2D eigenvalue weighted by atomic mass is 16.6. The van der Waals surface area contributed by atoms with Gasteiger partial charge in [0.25, 0.3) is 5.69 Å². The number of hydrogen-bond donors (Lipinski definition) is 1. The zero-order valence-electron chi connectivity index (χ0n) is 10.7. The van der Waals surface area contributed by atoms with E-state index in [0.29, 0.717) is 17.1 Å². The minimum absolute atomic E-state index is 0.0284. The fraction of sp³-hybridized carbons (Fsp3) is 0. The van der Waals surface area contributed by atoms with E-state index in [1.54, 1.807) is 36.5 Å². The minimum atomic E-state index is -0.473. The summed E-state index contributed by atoms with van der Waals surface area (Å²) in [5.41, 5.74) is 0.954. The predicted molar refractivity (Wildman–Crippen MR) is 75.1 cm³/mol. The molecule has 0 radical (unpaired) electrons. The second-order valence-electron chi connectivity index (χ2n) is 4.29. The second-order valence-corrected chi connectivity index (χ2v) is 4.29. The van der Waals surface area contributed by atoms with Crippen LogP contribution in [0.3, 0.4) is 0 Å². The molecule has 7 nitrogen and oxygen atoms in total. The van der Waals surface area contributed by atoms with Crippen molar-refractivity contribution in [3.8, 4) is 23.0 Å². The quantitative estimate of drug-likeness (QED) is 0.588. The van der Waals surface area contributed by atoms with Crippen LogP contribution in [0, 0.1) is 10.1 Å². The largest absolute Gasteiger partial charge is 0.493 e. The lowest BCUT2D eigenvalue weighted by Gasteiger charge is -2.00. The first-order chi connectivity index (χ1) is 10.1. The van der Waals surface area contributed by atoms with Crippen LogP contribution in [0.5, 0.6) is 5.88 Å². The van der Waals surface area contributed by atoms with E-state index in [-0.39, 0.29) is 11.6 Å². The fourth-order valence-electron chi connectivity index (χ4n) is 1.94. The van der Waals surface area contributed by atoms with Crippen molar-refractivity contribution in [2.24, 2.45) is 0 Å². The van der Waals surface area contributed by atoms with E-state index < -0.39 is 4.92 Å². The molecule has 0 aliphatic rings. The molecule has 0 fully saturated rings. The van der Waals surface area contributed by atoms with Gasteiger partial charge >= 0.3 is 0 Å². The van der Waals surface area contributed by atoms with Gasteiger partial charge in [-0.3, -0.25) is 10.1 Å². The average Bonchev–Trinajstić information content (AvgIpc) is 2.90. The summed E-state index contributed by atoms with van der Waals surface area (Å²) >= 11 is 0. The zero-order valence-corrected chi connectivity index (χ0v) is 10.7. The number of nitro benzene ring substituents is 1. The summed E-state index contributed by atoms with van der Waals surface area (Å²) in [4.78, 5) is 14.4. The number of pyridine rings is 1. The molecular weight excluding hydrogens is 272 g/mol. The molecule has 0 aliphatic carbocycles. The SMILES string of the molecule is O=[N+]([O-])c1cccc(-c2cc(O)n(-c3ccccn3)n2)c1. The molecular formula is C14H10N4O3. The Labute approximate surface area is 119 Å². The van der Waals surface area contributed by atoms with Crippen molar-refractivity contribution in [2.45, 2.75) is 0 Å². The van der Waals surface area contributed by atoms with Crippen LogP contribution >= 0.6 is 0 Å². The number of hydrogen-bond acceptors (Lipinski definition) is 5. The van der Waals surface area contributed by atoms with Gasteiger partial charge < -0.3 is 5.11 Å². The molecule has 104 valence electrons. The second kappa shape index (κ2) is 5.04. The Morgan fingerprint density at radius 1 is 1.14 bits per heavy atom. The zero-order chi connectivity index (χ0) is 14.8. The third-order valence-electron chi connectivity index (χ3n) is 2.91. The topological polar surface area (TPSA) is 94.1 Å². The summed E-state index contributed by atoms with van der Waals surface area (Å²) in [7, 11) is 0. The van der Waals surface area contributed by atoms with E-state index in [4.69, 9.17) is 0 Å². The first-order valence-corrected chi connectivity index (χ1v) is 6.10. The molecule has 0 amide bonds. The van der Waals surface area contributed by atoms with Gasteiger partial charge in [-0.05, 0) is 12.1 Å². The summed E-state index contributed by atoms with van der Waals surface area (Å²) in [5.74, 6) is 0.377. The molecule has 1 aromatic carbocycles. The van der Waals surface area contributed by atoms with Crippen molar-refractivity contribution in [3.05, 3.63) is 64.8 Å².